The van der Waals surface area contributed by atoms with Gasteiger partial charge < -0.3 is 4.74 Å². The van der Waals surface area contributed by atoms with Crippen molar-refractivity contribution in [2.45, 2.75) is 6.04 Å². The van der Waals surface area contributed by atoms with Gasteiger partial charge in [-0.05, 0) is 6.07 Å². The van der Waals surface area contributed by atoms with Crippen molar-refractivity contribution in [3.63, 3.8) is 0 Å². The fraction of sp³-hybridized carbons (Fsp3) is 0.222. The Hall–Kier alpha value is -2.18. The molecule has 0 radical (unpaired) electrons. The lowest BCUT2D eigenvalue weighted by Gasteiger charge is -2.02. The van der Waals surface area contributed by atoms with Gasteiger partial charge in [-0.25, -0.2) is 9.78 Å². The van der Waals surface area contributed by atoms with Crippen LogP contribution in [0.5, 0.6) is 5.88 Å². The predicted octanol–water partition coefficient (Wildman–Crippen LogP) is 0.991. The highest BCUT2D eigenvalue weighted by Crippen LogP contribution is 2.16. The van der Waals surface area contributed by atoms with E-state index in [2.05, 4.69) is 9.98 Å². The van der Waals surface area contributed by atoms with Gasteiger partial charge in [-0.3, -0.25) is 0 Å². The summed E-state index contributed by atoms with van der Waals surface area (Å²) in [6.07, 6.45) is 2.78. The maximum atomic E-state index is 9.98. The summed E-state index contributed by atoms with van der Waals surface area (Å²) in [6.45, 7) is 0. The largest absolute Gasteiger partial charge is 0.481 e. The molecule has 0 amide bonds. The normalized spacial score (nSPS) is 10.9. The van der Waals surface area contributed by atoms with Gasteiger partial charge in [0.25, 0.3) is 0 Å². The number of isocyanates is 1. The van der Waals surface area contributed by atoms with Crippen LogP contribution in [-0.4, -0.2) is 18.2 Å². The molecular weight excluding hydrogens is 182 g/mol. The molecule has 0 N–H and O–H groups in total. The van der Waals surface area contributed by atoms with E-state index in [1.54, 1.807) is 12.1 Å². The van der Waals surface area contributed by atoms with Gasteiger partial charge >= 0.3 is 0 Å². The summed E-state index contributed by atoms with van der Waals surface area (Å²) in [5, 5.41) is 8.66. The first kappa shape index (κ1) is 9.90. The molecule has 0 saturated heterocycles. The molecule has 1 aromatic heterocycles. The molecule has 0 spiro atoms. The van der Waals surface area contributed by atoms with Gasteiger partial charge in [0.1, 0.15) is 0 Å². The average Bonchev–Trinajstić information content (AvgIpc) is 2.26. The van der Waals surface area contributed by atoms with Crippen molar-refractivity contribution >= 4 is 6.08 Å². The minimum atomic E-state index is -0.842. The number of aliphatic imine (C=N–C) groups is 1. The number of aromatic nitrogens is 1. The maximum absolute atomic E-state index is 9.98. The van der Waals surface area contributed by atoms with Crippen LogP contribution in [0.1, 0.15) is 11.6 Å². The van der Waals surface area contributed by atoms with Crippen LogP contribution in [0.25, 0.3) is 0 Å². The molecule has 14 heavy (non-hydrogen) atoms. The minimum Gasteiger partial charge on any atom is -0.481 e. The van der Waals surface area contributed by atoms with Crippen LogP contribution in [0.2, 0.25) is 0 Å². The molecular formula is C9H7N3O2. The van der Waals surface area contributed by atoms with Crippen LogP contribution >= 0.6 is 0 Å². The molecule has 1 heterocycles. The van der Waals surface area contributed by atoms with E-state index in [1.165, 1.54) is 19.4 Å². The molecule has 1 aromatic rings. The summed E-state index contributed by atoms with van der Waals surface area (Å²) in [4.78, 5) is 17.2. The molecule has 0 aliphatic carbocycles. The zero-order valence-electron chi connectivity index (χ0n) is 7.47. The molecule has 1 rings (SSSR count). The second-order valence-electron chi connectivity index (χ2n) is 2.39. The number of hydrogen-bond donors (Lipinski definition) is 0. The molecule has 0 bridgehead atoms. The SMILES string of the molecule is COc1ccc(C(C#N)N=C=O)cn1. The highest BCUT2D eigenvalue weighted by atomic mass is 16.5. The predicted molar refractivity (Wildman–Crippen MR) is 47.3 cm³/mol. The molecule has 1 unspecified atom stereocenters. The van der Waals surface area contributed by atoms with Gasteiger partial charge in [0.05, 0.1) is 13.2 Å². The first-order valence-corrected chi connectivity index (χ1v) is 3.78. The van der Waals surface area contributed by atoms with Crippen LogP contribution in [0, 0.1) is 11.3 Å². The van der Waals surface area contributed by atoms with Crippen molar-refractivity contribution in [1.29, 1.82) is 5.26 Å². The average molecular weight is 189 g/mol. The Balaban J connectivity index is 2.96. The van der Waals surface area contributed by atoms with E-state index < -0.39 is 6.04 Å². The van der Waals surface area contributed by atoms with Crippen LogP contribution in [-0.2, 0) is 4.79 Å². The third-order valence-corrected chi connectivity index (χ3v) is 1.59. The number of pyridine rings is 1. The Morgan fingerprint density at radius 1 is 1.64 bits per heavy atom. The molecule has 0 saturated carbocycles. The fourth-order valence-corrected chi connectivity index (χ4v) is 0.905. The number of hydrogen-bond acceptors (Lipinski definition) is 5. The van der Waals surface area contributed by atoms with E-state index in [0.29, 0.717) is 11.4 Å². The van der Waals surface area contributed by atoms with E-state index in [-0.39, 0.29) is 0 Å². The van der Waals surface area contributed by atoms with Crippen molar-refractivity contribution in [1.82, 2.24) is 4.98 Å². The van der Waals surface area contributed by atoms with Crippen molar-refractivity contribution < 1.29 is 9.53 Å². The van der Waals surface area contributed by atoms with E-state index in [9.17, 15) is 4.79 Å². The number of nitrogens with zero attached hydrogens (tertiary/aromatic N) is 3. The lowest BCUT2D eigenvalue weighted by molar-refractivity contribution is 0.397. The quantitative estimate of drug-likeness (QED) is 0.524. The standard InChI is InChI=1S/C9H7N3O2/c1-14-9-3-2-7(5-11-9)8(4-10)12-6-13/h2-3,5,8H,1H3. The Morgan fingerprint density at radius 3 is 2.86 bits per heavy atom. The van der Waals surface area contributed by atoms with Gasteiger partial charge in [-0.2, -0.15) is 10.3 Å². The smallest absolute Gasteiger partial charge is 0.236 e. The van der Waals surface area contributed by atoms with Gasteiger partial charge in [-0.1, -0.05) is 0 Å². The second-order valence-corrected chi connectivity index (χ2v) is 2.39. The minimum absolute atomic E-state index is 0.445. The third kappa shape index (κ3) is 2.16. The Labute approximate surface area is 80.7 Å². The summed E-state index contributed by atoms with van der Waals surface area (Å²) in [5.74, 6) is 0.445. The summed E-state index contributed by atoms with van der Waals surface area (Å²) in [5.41, 5.74) is 0.539. The highest BCUT2D eigenvalue weighted by molar-refractivity contribution is 5.37. The van der Waals surface area contributed by atoms with Crippen molar-refractivity contribution in [2.24, 2.45) is 4.99 Å². The van der Waals surface area contributed by atoms with Gasteiger partial charge in [0, 0.05) is 17.8 Å². The van der Waals surface area contributed by atoms with Crippen LogP contribution < -0.4 is 4.74 Å². The number of ether oxygens (including phenoxy) is 1. The van der Waals surface area contributed by atoms with Crippen molar-refractivity contribution in [3.8, 4) is 11.9 Å². The molecule has 0 aliphatic heterocycles. The molecule has 1 atom stereocenters. The molecule has 0 aliphatic rings. The first-order valence-electron chi connectivity index (χ1n) is 3.78. The molecule has 0 aromatic carbocycles. The Morgan fingerprint density at radius 2 is 2.43 bits per heavy atom. The molecule has 5 heteroatoms. The maximum Gasteiger partial charge on any atom is 0.236 e. The third-order valence-electron chi connectivity index (χ3n) is 1.59. The van der Waals surface area contributed by atoms with Crippen LogP contribution in [0.4, 0.5) is 0 Å². The number of rotatable bonds is 3. The van der Waals surface area contributed by atoms with E-state index in [0.717, 1.165) is 0 Å². The van der Waals surface area contributed by atoms with Gasteiger partial charge in [0.15, 0.2) is 6.04 Å². The fourth-order valence-electron chi connectivity index (χ4n) is 0.905. The van der Waals surface area contributed by atoms with Crippen LogP contribution in [0.15, 0.2) is 23.3 Å². The second kappa shape index (κ2) is 4.75. The van der Waals surface area contributed by atoms with Crippen molar-refractivity contribution in [3.05, 3.63) is 23.9 Å². The monoisotopic (exact) mass is 189 g/mol. The lowest BCUT2D eigenvalue weighted by Crippen LogP contribution is -1.94. The number of nitriles is 1. The lowest BCUT2D eigenvalue weighted by atomic mass is 10.1. The van der Waals surface area contributed by atoms with Gasteiger partial charge in [0.2, 0.25) is 12.0 Å². The summed E-state index contributed by atoms with van der Waals surface area (Å²) in [6, 6.07) is 4.23. The topological polar surface area (TPSA) is 75.3 Å². The summed E-state index contributed by atoms with van der Waals surface area (Å²) >= 11 is 0. The van der Waals surface area contributed by atoms with Crippen LogP contribution in [0.3, 0.4) is 0 Å². The van der Waals surface area contributed by atoms with E-state index in [4.69, 9.17) is 10.00 Å². The summed E-state index contributed by atoms with van der Waals surface area (Å²) in [7, 11) is 1.49. The zero-order chi connectivity index (χ0) is 10.4. The van der Waals surface area contributed by atoms with E-state index >= 15 is 0 Å². The molecule has 5 nitrogen and oxygen atoms in total. The Kier molecular flexibility index (Phi) is 3.36. The molecule has 0 fully saturated rings. The highest BCUT2D eigenvalue weighted by Gasteiger charge is 2.08. The molecule has 70 valence electrons. The van der Waals surface area contributed by atoms with E-state index in [1.807, 2.05) is 6.07 Å². The summed E-state index contributed by atoms with van der Waals surface area (Å²) < 4.78 is 4.84. The van der Waals surface area contributed by atoms with Gasteiger partial charge in [-0.15, -0.1) is 0 Å². The Bertz CT molecular complexity index is 388. The number of carbonyl (C=O) groups excluding carboxylic acids is 1. The van der Waals surface area contributed by atoms with Crippen molar-refractivity contribution in [2.75, 3.05) is 7.11 Å². The zero-order valence-corrected chi connectivity index (χ0v) is 7.47. The first-order chi connectivity index (χ1) is 6.81. The number of methoxy groups -OCH3 is 1.